The first-order valence-electron chi connectivity index (χ1n) is 35.5. The Hall–Kier alpha value is -9.65. The minimum Gasteiger partial charge on any atom is -0.457 e. The SMILES string of the molecule is [2H]c1c([2H])c([2H])c(-c2cccc(-c3cc(C(C)(C)C)cc(C(C)(C)C)c3)c2Oc2ccnc(-n3c4ccccc4c4ccc(Oc5cc(N6CN(c7c(-c8c([2H])c([2H])c([2H])c([2H])c8[2H])cccc7-c7c([2H])c([2H])c([2H])c([2H])c7[2H])c7ccccc76)cc(C(C)(C)C)c5)cc43)c2)c([2H])c1[2H]. The molecule has 0 unspecified atom stereocenters. The molecule has 0 bridgehead atoms. The molecule has 0 aliphatic carbocycles. The largest absolute Gasteiger partial charge is 0.457 e. The van der Waals surface area contributed by atoms with Gasteiger partial charge in [-0.05, 0) is 104 Å². The smallest absolute Gasteiger partial charge is 0.143 e. The van der Waals surface area contributed by atoms with Crippen molar-refractivity contribution in [3.63, 3.8) is 0 Å². The second-order valence-corrected chi connectivity index (χ2v) is 24.2. The van der Waals surface area contributed by atoms with E-state index in [4.69, 9.17) is 26.8 Å². The van der Waals surface area contributed by atoms with Gasteiger partial charge in [-0.15, -0.1) is 0 Å². The normalized spacial score (nSPS) is 15.2. The Kier molecular flexibility index (Phi) is 9.86. The zero-order valence-corrected chi connectivity index (χ0v) is 48.3. The molecule has 0 saturated carbocycles. The summed E-state index contributed by atoms with van der Waals surface area (Å²) in [4.78, 5) is 8.92. The van der Waals surface area contributed by atoms with E-state index in [2.05, 4.69) is 91.5 Å². The number of fused-ring (bicyclic) bond motifs is 4. The molecule has 6 nitrogen and oxygen atoms in total. The van der Waals surface area contributed by atoms with Gasteiger partial charge in [0.05, 0.1) is 48.7 Å². The first kappa shape index (κ1) is 38.9. The fourth-order valence-electron chi connectivity index (χ4n) is 11.1. The predicted octanol–water partition coefficient (Wildman–Crippen LogP) is 21.6. The molecular formula is C78H70N4O2. The number of benzene rings is 10. The van der Waals surface area contributed by atoms with Crippen LogP contribution in [0.25, 0.3) is 72.1 Å². The molecule has 414 valence electrons. The molecule has 2 aromatic heterocycles. The lowest BCUT2D eigenvalue weighted by Crippen LogP contribution is -2.25. The van der Waals surface area contributed by atoms with E-state index in [1.54, 1.807) is 36.5 Å². The van der Waals surface area contributed by atoms with E-state index >= 15 is 0 Å². The molecule has 12 aromatic rings. The summed E-state index contributed by atoms with van der Waals surface area (Å²) in [5.74, 6) is 2.10. The van der Waals surface area contributed by atoms with E-state index in [-0.39, 0.29) is 68.8 Å². The van der Waals surface area contributed by atoms with Crippen LogP contribution in [-0.2, 0) is 16.2 Å². The third kappa shape index (κ3) is 10.3. The number of nitrogens with zero attached hydrogens (tertiary/aromatic N) is 4. The van der Waals surface area contributed by atoms with E-state index in [0.29, 0.717) is 51.3 Å². The van der Waals surface area contributed by atoms with Gasteiger partial charge in [0.25, 0.3) is 0 Å². The zero-order chi connectivity index (χ0) is 71.0. The van der Waals surface area contributed by atoms with E-state index in [1.807, 2.05) is 107 Å². The lowest BCUT2D eigenvalue weighted by molar-refractivity contribution is 0.479. The number of pyridine rings is 1. The van der Waals surface area contributed by atoms with Crippen molar-refractivity contribution in [3.8, 4) is 73.3 Å². The third-order valence-electron chi connectivity index (χ3n) is 15.5. The lowest BCUT2D eigenvalue weighted by atomic mass is 9.78. The second kappa shape index (κ2) is 21.3. The number of hydrogen-bond acceptors (Lipinski definition) is 5. The predicted molar refractivity (Wildman–Crippen MR) is 351 cm³/mol. The van der Waals surface area contributed by atoms with E-state index in [9.17, 15) is 8.22 Å². The molecule has 0 fully saturated rings. The first-order valence-corrected chi connectivity index (χ1v) is 28.0. The Morgan fingerprint density at radius 2 is 0.917 bits per heavy atom. The summed E-state index contributed by atoms with van der Waals surface area (Å²) in [6.45, 7) is 19.3. The number of aromatic nitrogens is 2. The van der Waals surface area contributed by atoms with E-state index < -0.39 is 84.0 Å². The fourth-order valence-corrected chi connectivity index (χ4v) is 11.1. The highest BCUT2D eigenvalue weighted by atomic mass is 16.5. The molecular weight excluding hydrogens is 1020 g/mol. The van der Waals surface area contributed by atoms with Gasteiger partial charge >= 0.3 is 0 Å². The third-order valence-corrected chi connectivity index (χ3v) is 15.5. The molecule has 0 spiro atoms. The maximum Gasteiger partial charge on any atom is 0.143 e. The summed E-state index contributed by atoms with van der Waals surface area (Å²) >= 11 is 0. The summed E-state index contributed by atoms with van der Waals surface area (Å²) < 4.78 is 149. The van der Waals surface area contributed by atoms with Crippen LogP contribution in [0.15, 0.2) is 248 Å². The molecule has 1 aliphatic heterocycles. The molecule has 0 radical (unpaired) electrons. The lowest BCUT2D eigenvalue weighted by Gasteiger charge is -2.28. The van der Waals surface area contributed by atoms with Crippen molar-refractivity contribution in [3.05, 3.63) is 265 Å². The van der Waals surface area contributed by atoms with Crippen LogP contribution in [0.3, 0.4) is 0 Å². The van der Waals surface area contributed by atoms with Gasteiger partial charge in [-0.1, -0.05) is 238 Å². The Bertz CT molecular complexity index is 5150. The summed E-state index contributed by atoms with van der Waals surface area (Å²) in [5.41, 5.74) is 7.89. The van der Waals surface area contributed by atoms with Gasteiger partial charge < -0.3 is 19.3 Å². The van der Waals surface area contributed by atoms with Crippen molar-refractivity contribution >= 4 is 44.6 Å². The highest BCUT2D eigenvalue weighted by molar-refractivity contribution is 6.09. The van der Waals surface area contributed by atoms with Crippen molar-refractivity contribution in [1.82, 2.24) is 9.55 Å². The topological polar surface area (TPSA) is 42.8 Å². The first-order chi connectivity index (χ1) is 46.7. The van der Waals surface area contributed by atoms with Crippen LogP contribution in [0.1, 0.15) is 99.6 Å². The van der Waals surface area contributed by atoms with Gasteiger partial charge in [0.15, 0.2) is 0 Å². The van der Waals surface area contributed by atoms with Crippen LogP contribution >= 0.6 is 0 Å². The van der Waals surface area contributed by atoms with E-state index in [0.717, 1.165) is 44.1 Å². The van der Waals surface area contributed by atoms with Gasteiger partial charge in [-0.25, -0.2) is 4.98 Å². The highest BCUT2D eigenvalue weighted by Gasteiger charge is 2.33. The molecule has 0 saturated heterocycles. The fraction of sp³-hybridized carbons (Fsp3) is 0.167. The summed E-state index contributed by atoms with van der Waals surface area (Å²) in [7, 11) is 0. The Labute approximate surface area is 516 Å². The Morgan fingerprint density at radius 1 is 0.405 bits per heavy atom. The number of ether oxygens (including phenoxy) is 2. The molecule has 0 N–H and O–H groups in total. The molecule has 1 aliphatic rings. The van der Waals surface area contributed by atoms with Crippen molar-refractivity contribution < 1.29 is 30.0 Å². The number of hydrogen-bond donors (Lipinski definition) is 0. The second-order valence-electron chi connectivity index (χ2n) is 24.2. The van der Waals surface area contributed by atoms with Crippen molar-refractivity contribution in [1.29, 1.82) is 0 Å². The standard InChI is InChI=1S/C78H70N4O2/c1-76(2,3)56-43-55(44-57(45-56)77(4,5)6)66-35-24-34-65(54-29-17-12-18-30-54)75(66)84-61-41-42-79-73(50-61)82-69-36-20-19-31-67(69)68-40-39-60(49-72(68)82)83-62-47-58(78(7,8)9)46-59(48-62)80-51-81(71-38-22-21-37-70(71)80)74-63(52-25-13-10-14-26-52)32-23-33-64(74)53-27-15-11-16-28-53/h10-50H,51H2,1-9H3/i10D,11D,12D,13D,14D,15D,16D,17D,18D,25D,26D,27D,28D,29D,30D. The van der Waals surface area contributed by atoms with Crippen LogP contribution < -0.4 is 19.3 Å². The minimum atomic E-state index is -0.580. The van der Waals surface area contributed by atoms with Gasteiger partial charge in [0.1, 0.15) is 35.5 Å². The number of anilines is 4. The number of rotatable bonds is 11. The molecule has 13 rings (SSSR count). The molecule has 0 amide bonds. The van der Waals surface area contributed by atoms with Crippen LogP contribution in [0.5, 0.6) is 23.0 Å². The maximum absolute atomic E-state index is 9.21. The van der Waals surface area contributed by atoms with Gasteiger partial charge in [-0.2, -0.15) is 0 Å². The van der Waals surface area contributed by atoms with Gasteiger partial charge in [0, 0.05) is 63.1 Å². The summed E-state index contributed by atoms with van der Waals surface area (Å²) in [6, 6.07) is 40.3. The minimum absolute atomic E-state index is 0.00213. The monoisotopic (exact) mass is 1110 g/mol. The maximum atomic E-state index is 9.21. The van der Waals surface area contributed by atoms with E-state index in [1.165, 1.54) is 0 Å². The summed E-state index contributed by atoms with van der Waals surface area (Å²) in [5, 5.41) is 1.84. The van der Waals surface area contributed by atoms with Crippen LogP contribution in [0, 0.1) is 0 Å². The molecule has 3 heterocycles. The van der Waals surface area contributed by atoms with Crippen LogP contribution in [0.4, 0.5) is 22.7 Å². The molecule has 6 heteroatoms. The average molecular weight is 1110 g/mol. The van der Waals surface area contributed by atoms with Crippen molar-refractivity contribution in [2.75, 3.05) is 16.5 Å². The van der Waals surface area contributed by atoms with Crippen LogP contribution in [0.2, 0.25) is 0 Å². The highest BCUT2D eigenvalue weighted by Crippen LogP contribution is 2.52. The zero-order valence-electron chi connectivity index (χ0n) is 63.3. The average Bonchev–Trinajstić information content (AvgIpc) is 1.61. The van der Waals surface area contributed by atoms with Crippen LogP contribution in [-0.4, -0.2) is 16.2 Å². The van der Waals surface area contributed by atoms with Gasteiger partial charge in [0.2, 0.25) is 0 Å². The molecule has 84 heavy (non-hydrogen) atoms. The Balaban J connectivity index is 0.931. The number of para-hydroxylation sites is 5. The Morgan fingerprint density at radius 3 is 1.52 bits per heavy atom. The molecule has 10 aromatic carbocycles. The summed E-state index contributed by atoms with van der Waals surface area (Å²) in [6.07, 6.45) is 1.65. The quantitative estimate of drug-likeness (QED) is 0.129. The van der Waals surface area contributed by atoms with Gasteiger partial charge in [-0.3, -0.25) is 4.57 Å². The molecule has 0 atom stereocenters. The van der Waals surface area contributed by atoms with Crippen molar-refractivity contribution in [2.45, 2.75) is 78.6 Å². The van der Waals surface area contributed by atoms with Crippen molar-refractivity contribution in [2.24, 2.45) is 0 Å².